The van der Waals surface area contributed by atoms with E-state index in [9.17, 15) is 17.8 Å². The maximum atomic E-state index is 12.0. The van der Waals surface area contributed by atoms with E-state index in [0.717, 1.165) is 0 Å². The standard InChI is InChI=1S/C10H16O4S.Na/c1-9(2)6-4-5-10(9,3)8(11)7(6)15(12,13)14;/h6-7H,4-5H2,1-3H3,(H,12,13,14);/q;+1/p-1. The molecule has 2 aliphatic carbocycles. The van der Waals surface area contributed by atoms with Crippen LogP contribution in [0, 0.1) is 16.7 Å². The van der Waals surface area contributed by atoms with Gasteiger partial charge in [0.2, 0.25) is 0 Å². The molecule has 2 bridgehead atoms. The number of hydrogen-bond acceptors (Lipinski definition) is 4. The number of rotatable bonds is 1. The number of carbonyl (C=O) groups is 1. The molecule has 4 nitrogen and oxygen atoms in total. The first-order chi connectivity index (χ1) is 6.62. The van der Waals surface area contributed by atoms with Gasteiger partial charge in [-0.2, -0.15) is 0 Å². The molecule has 0 aromatic carbocycles. The van der Waals surface area contributed by atoms with Crippen LogP contribution in [0.4, 0.5) is 0 Å². The van der Waals surface area contributed by atoms with Gasteiger partial charge >= 0.3 is 29.6 Å². The minimum Gasteiger partial charge on any atom is -0.747 e. The molecule has 0 amide bonds. The fourth-order valence-corrected chi connectivity index (χ4v) is 4.74. The van der Waals surface area contributed by atoms with Gasteiger partial charge in [-0.15, -0.1) is 0 Å². The summed E-state index contributed by atoms with van der Waals surface area (Å²) < 4.78 is 33.3. The Bertz CT molecular complexity index is 428. The summed E-state index contributed by atoms with van der Waals surface area (Å²) in [6.07, 6.45) is 1.37. The topological polar surface area (TPSA) is 74.3 Å². The average molecular weight is 254 g/mol. The van der Waals surface area contributed by atoms with Crippen LogP contribution in [0.3, 0.4) is 0 Å². The van der Waals surface area contributed by atoms with Crippen molar-refractivity contribution in [3.63, 3.8) is 0 Å². The van der Waals surface area contributed by atoms with Gasteiger partial charge in [0.1, 0.15) is 15.4 Å². The van der Waals surface area contributed by atoms with Gasteiger partial charge < -0.3 is 4.55 Å². The maximum Gasteiger partial charge on any atom is 1.00 e. The summed E-state index contributed by atoms with van der Waals surface area (Å²) >= 11 is 0. The quantitative estimate of drug-likeness (QED) is 0.398. The van der Waals surface area contributed by atoms with E-state index in [4.69, 9.17) is 0 Å². The molecule has 0 aromatic heterocycles. The van der Waals surface area contributed by atoms with Crippen LogP contribution < -0.4 is 29.6 Å². The van der Waals surface area contributed by atoms with Crippen LogP contribution in [0.15, 0.2) is 0 Å². The van der Waals surface area contributed by atoms with Crippen molar-refractivity contribution in [2.75, 3.05) is 0 Å². The minimum absolute atomic E-state index is 0. The van der Waals surface area contributed by atoms with Gasteiger partial charge in [0.05, 0.1) is 0 Å². The Labute approximate surface area is 118 Å². The Morgan fingerprint density at radius 3 is 2.06 bits per heavy atom. The molecule has 86 valence electrons. The third-order valence-corrected chi connectivity index (χ3v) is 5.95. The molecule has 2 rings (SSSR count). The van der Waals surface area contributed by atoms with Crippen molar-refractivity contribution in [2.45, 2.75) is 38.9 Å². The van der Waals surface area contributed by atoms with E-state index in [-0.39, 0.29) is 46.7 Å². The third kappa shape index (κ3) is 1.56. The van der Waals surface area contributed by atoms with Crippen molar-refractivity contribution in [3.05, 3.63) is 0 Å². The fraction of sp³-hybridized carbons (Fsp3) is 0.900. The predicted octanol–water partition coefficient (Wildman–Crippen LogP) is -2.07. The van der Waals surface area contributed by atoms with Crippen LogP contribution in [0.5, 0.6) is 0 Å². The Balaban J connectivity index is 0.00000128. The minimum atomic E-state index is -4.49. The summed E-state index contributed by atoms with van der Waals surface area (Å²) in [4.78, 5) is 12.0. The Morgan fingerprint density at radius 1 is 1.31 bits per heavy atom. The molecule has 3 unspecified atom stereocenters. The van der Waals surface area contributed by atoms with E-state index in [2.05, 4.69) is 0 Å². The van der Waals surface area contributed by atoms with E-state index in [1.54, 1.807) is 6.92 Å². The van der Waals surface area contributed by atoms with Crippen LogP contribution >= 0.6 is 0 Å². The zero-order valence-electron chi connectivity index (χ0n) is 10.1. The van der Waals surface area contributed by atoms with Gasteiger partial charge in [-0.3, -0.25) is 4.79 Å². The third-order valence-electron chi connectivity index (χ3n) is 4.78. The van der Waals surface area contributed by atoms with Gasteiger partial charge in [0.25, 0.3) is 0 Å². The average Bonchev–Trinajstić information content (AvgIpc) is 2.33. The smallest absolute Gasteiger partial charge is 0.747 e. The summed E-state index contributed by atoms with van der Waals surface area (Å²) in [7, 11) is -4.49. The van der Waals surface area contributed by atoms with Gasteiger partial charge in [-0.25, -0.2) is 8.42 Å². The van der Waals surface area contributed by atoms with Crippen LogP contribution in [0.2, 0.25) is 0 Å². The molecule has 3 atom stereocenters. The summed E-state index contributed by atoms with van der Waals surface area (Å²) in [5.74, 6) is -0.656. The van der Waals surface area contributed by atoms with Crippen molar-refractivity contribution in [1.29, 1.82) is 0 Å². The molecule has 16 heavy (non-hydrogen) atoms. The zero-order valence-corrected chi connectivity index (χ0v) is 12.9. The first-order valence-corrected chi connectivity index (χ1v) is 6.58. The second-order valence-corrected chi connectivity index (χ2v) is 6.97. The molecule has 6 heteroatoms. The molecule has 2 saturated carbocycles. The molecule has 0 spiro atoms. The number of hydrogen-bond donors (Lipinski definition) is 0. The molecule has 0 N–H and O–H groups in total. The molecule has 0 radical (unpaired) electrons. The Kier molecular flexibility index (Phi) is 3.46. The Morgan fingerprint density at radius 2 is 1.81 bits per heavy atom. The maximum absolute atomic E-state index is 12.0. The monoisotopic (exact) mass is 254 g/mol. The van der Waals surface area contributed by atoms with E-state index in [1.165, 1.54) is 0 Å². The van der Waals surface area contributed by atoms with E-state index < -0.39 is 20.8 Å². The largest absolute Gasteiger partial charge is 1.00 e. The molecular weight excluding hydrogens is 239 g/mol. The number of carbonyl (C=O) groups excluding carboxylic acids is 1. The first kappa shape index (κ1) is 14.6. The summed E-state index contributed by atoms with van der Waals surface area (Å²) in [6, 6.07) is 0. The summed E-state index contributed by atoms with van der Waals surface area (Å²) in [5.41, 5.74) is -0.994. The predicted molar refractivity (Wildman–Crippen MR) is 53.1 cm³/mol. The Hall–Kier alpha value is 0.580. The number of fused-ring (bicyclic) bond motifs is 2. The van der Waals surface area contributed by atoms with Crippen molar-refractivity contribution < 1.29 is 47.3 Å². The summed E-state index contributed by atoms with van der Waals surface area (Å²) in [5, 5.41) is -1.30. The zero-order chi connectivity index (χ0) is 11.6. The molecule has 0 saturated heterocycles. The van der Waals surface area contributed by atoms with Crippen molar-refractivity contribution in [1.82, 2.24) is 0 Å². The van der Waals surface area contributed by atoms with E-state index in [0.29, 0.717) is 12.8 Å². The van der Waals surface area contributed by atoms with Crippen LogP contribution in [0.1, 0.15) is 33.6 Å². The second-order valence-electron chi connectivity index (χ2n) is 5.48. The molecule has 2 aliphatic rings. The summed E-state index contributed by atoms with van der Waals surface area (Å²) in [6.45, 7) is 5.59. The van der Waals surface area contributed by atoms with Crippen molar-refractivity contribution in [2.24, 2.45) is 16.7 Å². The van der Waals surface area contributed by atoms with Crippen LogP contribution in [-0.4, -0.2) is 24.0 Å². The fourth-order valence-electron chi connectivity index (χ4n) is 3.34. The van der Waals surface area contributed by atoms with Gasteiger partial charge in [-0.1, -0.05) is 20.8 Å². The van der Waals surface area contributed by atoms with E-state index >= 15 is 0 Å². The SMILES string of the molecule is CC12CCC(C(S(=O)(=O)[O-])C1=O)C2(C)C.[Na+]. The van der Waals surface area contributed by atoms with Gasteiger partial charge in [0.15, 0.2) is 5.78 Å². The van der Waals surface area contributed by atoms with Gasteiger partial charge in [0, 0.05) is 5.41 Å². The van der Waals surface area contributed by atoms with Crippen molar-refractivity contribution in [3.8, 4) is 0 Å². The molecular formula is C10H15NaO4S. The number of Topliss-reactive ketones (excluding diaryl/α,β-unsaturated/α-hetero) is 1. The second kappa shape index (κ2) is 3.79. The normalized spacial score (nSPS) is 40.9. The molecule has 0 aliphatic heterocycles. The number of ketones is 1. The van der Waals surface area contributed by atoms with Gasteiger partial charge in [-0.05, 0) is 24.2 Å². The molecule has 2 fully saturated rings. The van der Waals surface area contributed by atoms with Crippen molar-refractivity contribution >= 4 is 15.9 Å². The van der Waals surface area contributed by atoms with Crippen LogP contribution in [-0.2, 0) is 14.9 Å². The van der Waals surface area contributed by atoms with E-state index in [1.807, 2.05) is 13.8 Å². The molecule has 0 aromatic rings. The first-order valence-electron chi connectivity index (χ1n) is 5.11. The molecule has 0 heterocycles. The van der Waals surface area contributed by atoms with Crippen LogP contribution in [0.25, 0.3) is 0 Å².